The molecule has 4 heteroatoms. The van der Waals surface area contributed by atoms with Gasteiger partial charge in [-0.15, -0.1) is 0 Å². The molecule has 1 amide bonds. The summed E-state index contributed by atoms with van der Waals surface area (Å²) >= 11 is 0. The van der Waals surface area contributed by atoms with Crippen molar-refractivity contribution in [2.24, 2.45) is 5.92 Å². The second kappa shape index (κ2) is 8.67. The number of hydrogen-bond acceptors (Lipinski definition) is 3. The van der Waals surface area contributed by atoms with Gasteiger partial charge in [0.25, 0.3) is 0 Å². The van der Waals surface area contributed by atoms with Gasteiger partial charge in [-0.3, -0.25) is 4.79 Å². The van der Waals surface area contributed by atoms with E-state index >= 15 is 0 Å². The molecule has 4 nitrogen and oxygen atoms in total. The first-order chi connectivity index (χ1) is 9.11. The van der Waals surface area contributed by atoms with E-state index in [9.17, 15) is 4.79 Å². The fourth-order valence-electron chi connectivity index (χ4n) is 1.70. The van der Waals surface area contributed by atoms with Gasteiger partial charge in [-0.05, 0) is 17.0 Å². The largest absolute Gasteiger partial charge is 0.380 e. The Balaban J connectivity index is 2.28. The topological polar surface area (TPSA) is 50.4 Å². The second-order valence-corrected chi connectivity index (χ2v) is 5.05. The first-order valence-electron chi connectivity index (χ1n) is 6.66. The highest BCUT2D eigenvalue weighted by Gasteiger charge is 2.02. The molecular formula is C15H24N2O2. The predicted molar refractivity (Wildman–Crippen MR) is 76.7 cm³/mol. The van der Waals surface area contributed by atoms with Crippen LogP contribution in [-0.2, 0) is 22.7 Å². The standard InChI is InChI=1S/C15H24N2O2/c1-12(2)8-17-15(18)10-16-9-13-5-4-6-14(7-13)11-19-3/h4-7,12,16H,8-11H2,1-3H3,(H,17,18). The molecule has 0 aliphatic rings. The predicted octanol–water partition coefficient (Wildman–Crippen LogP) is 1.69. The lowest BCUT2D eigenvalue weighted by Gasteiger charge is -2.09. The van der Waals surface area contributed by atoms with E-state index in [-0.39, 0.29) is 5.91 Å². The summed E-state index contributed by atoms with van der Waals surface area (Å²) in [7, 11) is 1.68. The van der Waals surface area contributed by atoms with Crippen LogP contribution < -0.4 is 10.6 Å². The Kier molecular flexibility index (Phi) is 7.15. The molecule has 1 aromatic rings. The third-order valence-corrected chi connectivity index (χ3v) is 2.62. The molecule has 0 saturated carbocycles. The average molecular weight is 264 g/mol. The second-order valence-electron chi connectivity index (χ2n) is 5.05. The molecule has 0 radical (unpaired) electrons. The normalized spacial score (nSPS) is 10.7. The summed E-state index contributed by atoms with van der Waals surface area (Å²) in [5, 5.41) is 6.02. The Hall–Kier alpha value is -1.39. The van der Waals surface area contributed by atoms with E-state index < -0.39 is 0 Å². The molecule has 0 heterocycles. The SMILES string of the molecule is COCc1cccc(CNCC(=O)NCC(C)C)c1. The van der Waals surface area contributed by atoms with E-state index in [1.54, 1.807) is 7.11 Å². The zero-order valence-corrected chi connectivity index (χ0v) is 12.0. The van der Waals surface area contributed by atoms with Crippen molar-refractivity contribution in [3.05, 3.63) is 35.4 Å². The number of methoxy groups -OCH3 is 1. The molecule has 0 aliphatic carbocycles. The summed E-state index contributed by atoms with van der Waals surface area (Å²) in [6.45, 7) is 6.53. The molecule has 2 N–H and O–H groups in total. The third kappa shape index (κ3) is 6.94. The van der Waals surface area contributed by atoms with Crippen LogP contribution in [0.15, 0.2) is 24.3 Å². The Morgan fingerprint density at radius 1 is 1.32 bits per heavy atom. The van der Waals surface area contributed by atoms with Crippen LogP contribution in [0.4, 0.5) is 0 Å². The number of ether oxygens (including phenoxy) is 1. The molecule has 19 heavy (non-hydrogen) atoms. The van der Waals surface area contributed by atoms with Crippen LogP contribution in [0.1, 0.15) is 25.0 Å². The summed E-state index contributed by atoms with van der Waals surface area (Å²) in [6.07, 6.45) is 0. The number of hydrogen-bond donors (Lipinski definition) is 2. The van der Waals surface area contributed by atoms with Crippen molar-refractivity contribution in [2.45, 2.75) is 27.0 Å². The molecule has 0 aromatic heterocycles. The minimum atomic E-state index is 0.0433. The highest BCUT2D eigenvalue weighted by atomic mass is 16.5. The van der Waals surface area contributed by atoms with Gasteiger partial charge in [0.05, 0.1) is 13.2 Å². The zero-order chi connectivity index (χ0) is 14.1. The van der Waals surface area contributed by atoms with Crippen molar-refractivity contribution in [1.82, 2.24) is 10.6 Å². The van der Waals surface area contributed by atoms with Gasteiger partial charge >= 0.3 is 0 Å². The summed E-state index contributed by atoms with van der Waals surface area (Å²) in [5.74, 6) is 0.524. The quantitative estimate of drug-likeness (QED) is 0.751. The highest BCUT2D eigenvalue weighted by molar-refractivity contribution is 5.77. The fourth-order valence-corrected chi connectivity index (χ4v) is 1.70. The van der Waals surface area contributed by atoms with Crippen molar-refractivity contribution in [2.75, 3.05) is 20.2 Å². The van der Waals surface area contributed by atoms with Gasteiger partial charge in [-0.2, -0.15) is 0 Å². The van der Waals surface area contributed by atoms with Crippen molar-refractivity contribution in [3.63, 3.8) is 0 Å². The van der Waals surface area contributed by atoms with Gasteiger partial charge in [-0.25, -0.2) is 0 Å². The number of benzene rings is 1. The van der Waals surface area contributed by atoms with E-state index in [0.717, 1.165) is 17.7 Å². The number of carbonyl (C=O) groups excluding carboxylic acids is 1. The lowest BCUT2D eigenvalue weighted by atomic mass is 10.1. The van der Waals surface area contributed by atoms with Crippen LogP contribution in [0.5, 0.6) is 0 Å². The summed E-state index contributed by atoms with van der Waals surface area (Å²) in [4.78, 5) is 11.5. The lowest BCUT2D eigenvalue weighted by Crippen LogP contribution is -2.35. The molecule has 0 unspecified atom stereocenters. The van der Waals surface area contributed by atoms with Crippen LogP contribution in [0, 0.1) is 5.92 Å². The number of carbonyl (C=O) groups is 1. The Bertz CT molecular complexity index is 391. The minimum absolute atomic E-state index is 0.0433. The third-order valence-electron chi connectivity index (χ3n) is 2.62. The van der Waals surface area contributed by atoms with Gasteiger partial charge in [0.15, 0.2) is 0 Å². The minimum Gasteiger partial charge on any atom is -0.380 e. The van der Waals surface area contributed by atoms with Crippen LogP contribution in [0.25, 0.3) is 0 Å². The van der Waals surface area contributed by atoms with Gasteiger partial charge in [-0.1, -0.05) is 38.1 Å². The molecule has 0 fully saturated rings. The van der Waals surface area contributed by atoms with Crippen molar-refractivity contribution in [3.8, 4) is 0 Å². The first kappa shape index (κ1) is 15.7. The van der Waals surface area contributed by atoms with Gasteiger partial charge in [0.2, 0.25) is 5.91 Å². The van der Waals surface area contributed by atoms with Crippen LogP contribution >= 0.6 is 0 Å². The molecule has 1 rings (SSSR count). The van der Waals surface area contributed by atoms with E-state index in [4.69, 9.17) is 4.74 Å². The Morgan fingerprint density at radius 2 is 2.05 bits per heavy atom. The van der Waals surface area contributed by atoms with Gasteiger partial charge < -0.3 is 15.4 Å². The average Bonchev–Trinajstić information content (AvgIpc) is 2.37. The van der Waals surface area contributed by atoms with E-state index in [1.807, 2.05) is 18.2 Å². The zero-order valence-electron chi connectivity index (χ0n) is 12.0. The molecular weight excluding hydrogens is 240 g/mol. The Morgan fingerprint density at radius 3 is 2.74 bits per heavy atom. The monoisotopic (exact) mass is 264 g/mol. The number of amides is 1. The maximum absolute atomic E-state index is 11.5. The van der Waals surface area contributed by atoms with Crippen molar-refractivity contribution in [1.29, 1.82) is 0 Å². The van der Waals surface area contributed by atoms with E-state index in [0.29, 0.717) is 25.6 Å². The fraction of sp³-hybridized carbons (Fsp3) is 0.533. The van der Waals surface area contributed by atoms with E-state index in [1.165, 1.54) is 0 Å². The van der Waals surface area contributed by atoms with Crippen LogP contribution in [0.2, 0.25) is 0 Å². The van der Waals surface area contributed by atoms with E-state index in [2.05, 4.69) is 30.5 Å². The van der Waals surface area contributed by atoms with Gasteiger partial charge in [0, 0.05) is 20.2 Å². The molecule has 0 bridgehead atoms. The number of rotatable bonds is 8. The van der Waals surface area contributed by atoms with Crippen LogP contribution in [-0.4, -0.2) is 26.1 Å². The molecule has 106 valence electrons. The molecule has 0 aliphatic heterocycles. The van der Waals surface area contributed by atoms with Crippen LogP contribution in [0.3, 0.4) is 0 Å². The summed E-state index contributed by atoms with van der Waals surface area (Å²) in [6, 6.07) is 8.16. The lowest BCUT2D eigenvalue weighted by molar-refractivity contribution is -0.120. The van der Waals surface area contributed by atoms with Crippen molar-refractivity contribution >= 4 is 5.91 Å². The first-order valence-corrected chi connectivity index (χ1v) is 6.66. The highest BCUT2D eigenvalue weighted by Crippen LogP contribution is 2.05. The smallest absolute Gasteiger partial charge is 0.233 e. The van der Waals surface area contributed by atoms with Crippen molar-refractivity contribution < 1.29 is 9.53 Å². The Labute approximate surface area is 115 Å². The van der Waals surface area contributed by atoms with Gasteiger partial charge in [0.1, 0.15) is 0 Å². The number of nitrogens with one attached hydrogen (secondary N) is 2. The molecule has 1 aromatic carbocycles. The summed E-state index contributed by atoms with van der Waals surface area (Å²) < 4.78 is 5.10. The summed E-state index contributed by atoms with van der Waals surface area (Å²) in [5.41, 5.74) is 2.30. The maximum Gasteiger partial charge on any atom is 0.233 e. The maximum atomic E-state index is 11.5. The molecule has 0 saturated heterocycles. The molecule has 0 spiro atoms. The molecule has 0 atom stereocenters.